The van der Waals surface area contributed by atoms with Gasteiger partial charge < -0.3 is 14.9 Å². The number of rotatable bonds is 14. The second-order valence-corrected chi connectivity index (χ2v) is 5.08. The van der Waals surface area contributed by atoms with Crippen molar-refractivity contribution < 1.29 is 14.9 Å². The van der Waals surface area contributed by atoms with Gasteiger partial charge in [0.1, 0.15) is 0 Å². The maximum Gasteiger partial charge on any atom is 0.157 e. The number of hydrogen-bond acceptors (Lipinski definition) is 2. The predicted octanol–water partition coefficient (Wildman–Crippen LogP) is 4.48. The summed E-state index contributed by atoms with van der Waals surface area (Å²) in [6.07, 6.45) is 12.3. The summed E-state index contributed by atoms with van der Waals surface area (Å²) >= 11 is 0. The van der Waals surface area contributed by atoms with Gasteiger partial charge in [0, 0.05) is 13.2 Å². The van der Waals surface area contributed by atoms with E-state index in [4.69, 9.17) is 9.47 Å². The van der Waals surface area contributed by atoms with Gasteiger partial charge in [-0.05, 0) is 25.7 Å². The molecule has 0 saturated carbocycles. The van der Waals surface area contributed by atoms with E-state index >= 15 is 0 Å². The fourth-order valence-corrected chi connectivity index (χ4v) is 1.88. The fraction of sp³-hybridized carbons (Fsp3) is 1.00. The van der Waals surface area contributed by atoms with Crippen LogP contribution >= 0.6 is 0 Å². The third kappa shape index (κ3) is 15.8. The van der Waals surface area contributed by atoms with Crippen molar-refractivity contribution in [2.75, 3.05) is 13.2 Å². The van der Waals surface area contributed by atoms with Crippen molar-refractivity contribution >= 4 is 0 Å². The quantitative estimate of drug-likeness (QED) is 0.347. The Bertz CT molecular complexity index is 139. The van der Waals surface area contributed by atoms with E-state index in [0.29, 0.717) is 0 Å². The minimum Gasteiger partial charge on any atom is -0.412 e. The number of unbranched alkanes of at least 4 members (excludes halogenated alkanes) is 6. The molecular formula is C16H36O3. The molecule has 0 aliphatic carbocycles. The molecule has 1 unspecified atom stereocenters. The molecule has 0 saturated heterocycles. The molecule has 0 bridgehead atoms. The van der Waals surface area contributed by atoms with Gasteiger partial charge in [0.25, 0.3) is 0 Å². The highest BCUT2D eigenvalue weighted by Crippen LogP contribution is 2.11. The van der Waals surface area contributed by atoms with Gasteiger partial charge in [0.2, 0.25) is 0 Å². The summed E-state index contributed by atoms with van der Waals surface area (Å²) in [7, 11) is 0. The summed E-state index contributed by atoms with van der Waals surface area (Å²) in [5.74, 6) is 0. The van der Waals surface area contributed by atoms with Crippen LogP contribution in [0.15, 0.2) is 0 Å². The van der Waals surface area contributed by atoms with E-state index in [1.165, 1.54) is 51.4 Å². The van der Waals surface area contributed by atoms with E-state index in [-0.39, 0.29) is 11.8 Å². The van der Waals surface area contributed by atoms with E-state index < -0.39 is 0 Å². The van der Waals surface area contributed by atoms with Crippen molar-refractivity contribution in [3.8, 4) is 0 Å². The minimum absolute atomic E-state index is 0. The van der Waals surface area contributed by atoms with Gasteiger partial charge in [-0.2, -0.15) is 0 Å². The van der Waals surface area contributed by atoms with Crippen molar-refractivity contribution in [2.24, 2.45) is 0 Å². The molecule has 0 amide bonds. The summed E-state index contributed by atoms with van der Waals surface area (Å²) in [5, 5.41) is 0. The van der Waals surface area contributed by atoms with Crippen molar-refractivity contribution in [3.63, 3.8) is 0 Å². The molecule has 0 aromatic carbocycles. The Morgan fingerprint density at radius 1 is 0.632 bits per heavy atom. The SMILES string of the molecule is CCCCCCC(OCCCC)OCCCCC.O. The van der Waals surface area contributed by atoms with Gasteiger partial charge in [-0.15, -0.1) is 0 Å². The van der Waals surface area contributed by atoms with Gasteiger partial charge in [-0.3, -0.25) is 0 Å². The highest BCUT2D eigenvalue weighted by atomic mass is 16.7. The van der Waals surface area contributed by atoms with Crippen molar-refractivity contribution in [1.82, 2.24) is 0 Å². The van der Waals surface area contributed by atoms with Gasteiger partial charge in [0.15, 0.2) is 6.29 Å². The number of hydrogen-bond donors (Lipinski definition) is 0. The van der Waals surface area contributed by atoms with Gasteiger partial charge >= 0.3 is 0 Å². The topological polar surface area (TPSA) is 50.0 Å². The van der Waals surface area contributed by atoms with E-state index in [2.05, 4.69) is 20.8 Å². The Balaban J connectivity index is 0. The zero-order chi connectivity index (χ0) is 13.5. The molecule has 0 heterocycles. The first kappa shape index (κ1) is 21.2. The third-order valence-corrected chi connectivity index (χ3v) is 3.15. The zero-order valence-corrected chi connectivity index (χ0v) is 13.4. The van der Waals surface area contributed by atoms with Crippen molar-refractivity contribution in [1.29, 1.82) is 0 Å². The van der Waals surface area contributed by atoms with Crippen LogP contribution in [-0.2, 0) is 9.47 Å². The van der Waals surface area contributed by atoms with E-state index in [1.54, 1.807) is 0 Å². The molecular weight excluding hydrogens is 240 g/mol. The van der Waals surface area contributed by atoms with Crippen molar-refractivity contribution in [2.45, 2.75) is 91.3 Å². The summed E-state index contributed by atoms with van der Waals surface area (Å²) in [6.45, 7) is 8.37. The van der Waals surface area contributed by atoms with Crippen LogP contribution in [0, 0.1) is 0 Å². The van der Waals surface area contributed by atoms with Gasteiger partial charge in [0.05, 0.1) is 0 Å². The van der Waals surface area contributed by atoms with Crippen LogP contribution in [0.1, 0.15) is 85.0 Å². The normalized spacial score (nSPS) is 12.2. The van der Waals surface area contributed by atoms with Gasteiger partial charge in [-0.1, -0.05) is 59.3 Å². The molecule has 0 aromatic rings. The monoisotopic (exact) mass is 276 g/mol. The molecule has 19 heavy (non-hydrogen) atoms. The summed E-state index contributed by atoms with van der Waals surface area (Å²) in [4.78, 5) is 0. The van der Waals surface area contributed by atoms with Gasteiger partial charge in [-0.25, -0.2) is 0 Å². The smallest absolute Gasteiger partial charge is 0.157 e. The highest BCUT2D eigenvalue weighted by molar-refractivity contribution is 4.49. The van der Waals surface area contributed by atoms with Crippen LogP contribution in [0.2, 0.25) is 0 Å². The summed E-state index contributed by atoms with van der Waals surface area (Å²) in [6, 6.07) is 0. The molecule has 0 aliphatic heterocycles. The lowest BCUT2D eigenvalue weighted by molar-refractivity contribution is -0.147. The van der Waals surface area contributed by atoms with E-state index in [9.17, 15) is 0 Å². The lowest BCUT2D eigenvalue weighted by atomic mass is 10.1. The Hall–Kier alpha value is -0.120. The maximum absolute atomic E-state index is 5.85. The Kier molecular flexibility index (Phi) is 19.9. The highest BCUT2D eigenvalue weighted by Gasteiger charge is 2.08. The summed E-state index contributed by atoms with van der Waals surface area (Å²) in [5.41, 5.74) is 0. The Morgan fingerprint density at radius 2 is 1.16 bits per heavy atom. The molecule has 3 nitrogen and oxygen atoms in total. The second kappa shape index (κ2) is 17.9. The first-order valence-corrected chi connectivity index (χ1v) is 8.08. The van der Waals surface area contributed by atoms with Crippen molar-refractivity contribution in [3.05, 3.63) is 0 Å². The summed E-state index contributed by atoms with van der Waals surface area (Å²) < 4.78 is 11.7. The second-order valence-electron chi connectivity index (χ2n) is 5.08. The molecule has 0 aliphatic rings. The van der Waals surface area contributed by atoms with E-state index in [0.717, 1.165) is 26.1 Å². The molecule has 118 valence electrons. The molecule has 2 N–H and O–H groups in total. The standard InChI is InChI=1S/C16H34O2.H2O/c1-4-7-10-11-13-16(17-14-9-6-3)18-15-12-8-5-2;/h16H,4-15H2,1-3H3;1H2. The molecule has 1 atom stereocenters. The minimum atomic E-state index is 0. The Morgan fingerprint density at radius 3 is 1.74 bits per heavy atom. The fourth-order valence-electron chi connectivity index (χ4n) is 1.88. The molecule has 0 aromatic heterocycles. The average Bonchev–Trinajstić information content (AvgIpc) is 2.39. The first-order chi connectivity index (χ1) is 8.85. The van der Waals surface area contributed by atoms with Crippen LogP contribution in [-0.4, -0.2) is 25.0 Å². The first-order valence-electron chi connectivity index (χ1n) is 8.08. The lowest BCUT2D eigenvalue weighted by Gasteiger charge is -2.18. The third-order valence-electron chi connectivity index (χ3n) is 3.15. The molecule has 0 fully saturated rings. The molecule has 0 spiro atoms. The van der Waals surface area contributed by atoms with Crippen LogP contribution in [0.5, 0.6) is 0 Å². The predicted molar refractivity (Wildman–Crippen MR) is 82.5 cm³/mol. The largest absolute Gasteiger partial charge is 0.412 e. The van der Waals surface area contributed by atoms with Crippen LogP contribution in [0.4, 0.5) is 0 Å². The average molecular weight is 276 g/mol. The lowest BCUT2D eigenvalue weighted by Crippen LogP contribution is -2.18. The van der Waals surface area contributed by atoms with Crippen LogP contribution in [0.3, 0.4) is 0 Å². The van der Waals surface area contributed by atoms with Crippen LogP contribution < -0.4 is 0 Å². The molecule has 0 rings (SSSR count). The molecule has 3 heteroatoms. The maximum atomic E-state index is 5.85. The molecule has 0 radical (unpaired) electrons. The Labute approximate surface area is 120 Å². The van der Waals surface area contributed by atoms with E-state index in [1.807, 2.05) is 0 Å². The number of ether oxygens (including phenoxy) is 2. The van der Waals surface area contributed by atoms with Crippen LogP contribution in [0.25, 0.3) is 0 Å². The zero-order valence-electron chi connectivity index (χ0n) is 13.4.